The summed E-state index contributed by atoms with van der Waals surface area (Å²) in [6.45, 7) is 2.25. The van der Waals surface area contributed by atoms with Crippen molar-refractivity contribution < 1.29 is 9.53 Å². The predicted molar refractivity (Wildman–Crippen MR) is 105 cm³/mol. The Bertz CT molecular complexity index is 1040. The topological polar surface area (TPSA) is 52.1 Å². The van der Waals surface area contributed by atoms with E-state index in [-0.39, 0.29) is 19.0 Å². The normalized spacial score (nSPS) is 11.0. The first-order chi connectivity index (χ1) is 12.7. The zero-order valence-electron chi connectivity index (χ0n) is 14.1. The zero-order chi connectivity index (χ0) is 17.9. The molecule has 0 atom stereocenters. The molecule has 0 radical (unpaired) electrons. The molecule has 0 N–H and O–H groups in total. The molecule has 130 valence electrons. The Morgan fingerprint density at radius 3 is 2.85 bits per heavy atom. The minimum absolute atomic E-state index is 0.174. The molecule has 2 aromatic carbocycles. The van der Waals surface area contributed by atoms with Gasteiger partial charge in [-0.2, -0.15) is 0 Å². The number of ether oxygens (including phenoxy) is 1. The first kappa shape index (κ1) is 16.9. The number of thiazole rings is 2. The van der Waals surface area contributed by atoms with E-state index < -0.39 is 0 Å². The quantitative estimate of drug-likeness (QED) is 0.457. The maximum Gasteiger partial charge on any atom is 0.312 e. The minimum atomic E-state index is -0.287. The zero-order valence-corrected chi connectivity index (χ0v) is 15.8. The lowest BCUT2D eigenvalue weighted by atomic mass is 10.1. The van der Waals surface area contributed by atoms with Gasteiger partial charge in [-0.25, -0.2) is 9.97 Å². The number of rotatable bonds is 5. The number of benzene rings is 2. The van der Waals surface area contributed by atoms with E-state index in [0.717, 1.165) is 31.5 Å². The Kier molecular flexibility index (Phi) is 4.77. The lowest BCUT2D eigenvalue weighted by molar-refractivity contribution is -0.144. The Morgan fingerprint density at radius 1 is 1.12 bits per heavy atom. The number of hydrogen-bond donors (Lipinski definition) is 0. The van der Waals surface area contributed by atoms with Gasteiger partial charge >= 0.3 is 5.97 Å². The summed E-state index contributed by atoms with van der Waals surface area (Å²) >= 11 is 3.09. The van der Waals surface area contributed by atoms with Crippen LogP contribution in [0.4, 0.5) is 0 Å². The number of nitrogens with zero attached hydrogens (tertiary/aromatic N) is 2. The van der Waals surface area contributed by atoms with Crippen LogP contribution >= 0.6 is 22.7 Å². The minimum Gasteiger partial charge on any atom is -0.458 e. The molecule has 0 fully saturated rings. The van der Waals surface area contributed by atoms with Gasteiger partial charge in [-0.3, -0.25) is 4.79 Å². The van der Waals surface area contributed by atoms with Crippen molar-refractivity contribution in [3.8, 4) is 10.6 Å². The molecule has 0 amide bonds. The van der Waals surface area contributed by atoms with Crippen LogP contribution in [-0.2, 0) is 22.6 Å². The van der Waals surface area contributed by atoms with Crippen molar-refractivity contribution >= 4 is 38.9 Å². The second-order valence-electron chi connectivity index (χ2n) is 5.93. The number of hydrogen-bond acceptors (Lipinski definition) is 6. The fourth-order valence-electron chi connectivity index (χ4n) is 2.62. The Labute approximate surface area is 159 Å². The smallest absolute Gasteiger partial charge is 0.312 e. The fraction of sp³-hybridized carbons (Fsp3) is 0.150. The van der Waals surface area contributed by atoms with E-state index in [2.05, 4.69) is 29.0 Å². The van der Waals surface area contributed by atoms with Crippen LogP contribution in [0, 0.1) is 6.92 Å². The van der Waals surface area contributed by atoms with Crippen LogP contribution in [0.15, 0.2) is 53.9 Å². The van der Waals surface area contributed by atoms with E-state index >= 15 is 0 Å². The summed E-state index contributed by atoms with van der Waals surface area (Å²) in [5.41, 5.74) is 3.94. The number of carbonyl (C=O) groups excluding carboxylic acids is 1. The number of para-hydroxylation sites is 1. The van der Waals surface area contributed by atoms with Gasteiger partial charge in [0.15, 0.2) is 0 Å². The van der Waals surface area contributed by atoms with Crippen LogP contribution in [0.1, 0.15) is 16.3 Å². The van der Waals surface area contributed by atoms with Crippen molar-refractivity contribution in [1.82, 2.24) is 9.97 Å². The highest BCUT2D eigenvalue weighted by Crippen LogP contribution is 2.25. The second kappa shape index (κ2) is 7.35. The van der Waals surface area contributed by atoms with Crippen molar-refractivity contribution in [2.24, 2.45) is 0 Å². The largest absolute Gasteiger partial charge is 0.458 e. The van der Waals surface area contributed by atoms with Crippen LogP contribution < -0.4 is 0 Å². The molecule has 0 unspecified atom stereocenters. The Balaban J connectivity index is 1.37. The van der Waals surface area contributed by atoms with Crippen molar-refractivity contribution in [2.75, 3.05) is 0 Å². The molecule has 2 aromatic heterocycles. The maximum absolute atomic E-state index is 12.1. The van der Waals surface area contributed by atoms with Gasteiger partial charge in [0.05, 0.1) is 22.3 Å². The molecule has 0 aliphatic rings. The van der Waals surface area contributed by atoms with Crippen molar-refractivity contribution in [3.05, 3.63) is 70.2 Å². The van der Waals surface area contributed by atoms with Crippen LogP contribution in [0.2, 0.25) is 0 Å². The van der Waals surface area contributed by atoms with Gasteiger partial charge in [0.2, 0.25) is 0 Å². The summed E-state index contributed by atoms with van der Waals surface area (Å²) in [4.78, 5) is 21.1. The van der Waals surface area contributed by atoms with Crippen molar-refractivity contribution in [1.29, 1.82) is 0 Å². The molecule has 0 saturated carbocycles. The number of esters is 1. The van der Waals surface area contributed by atoms with E-state index in [0.29, 0.717) is 0 Å². The van der Waals surface area contributed by atoms with Gasteiger partial charge in [0.25, 0.3) is 0 Å². The monoisotopic (exact) mass is 380 g/mol. The van der Waals surface area contributed by atoms with Gasteiger partial charge in [0, 0.05) is 10.9 Å². The second-order valence-corrected chi connectivity index (χ2v) is 7.90. The van der Waals surface area contributed by atoms with E-state index in [1.54, 1.807) is 22.7 Å². The molecule has 4 rings (SSSR count). The number of aryl methyl sites for hydroxylation is 1. The molecule has 0 bridgehead atoms. The summed E-state index contributed by atoms with van der Waals surface area (Å²) in [7, 11) is 0. The summed E-state index contributed by atoms with van der Waals surface area (Å²) in [5, 5.41) is 3.64. The maximum atomic E-state index is 12.1. The number of aromatic nitrogens is 2. The predicted octanol–water partition coefficient (Wildman–Crippen LogP) is 5.01. The van der Waals surface area contributed by atoms with Crippen LogP contribution in [0.5, 0.6) is 0 Å². The average molecular weight is 380 g/mol. The SMILES string of the molecule is Cc1cccc(-c2nc(CC(=O)OCc3nc4ccccc4s3)cs2)c1. The first-order valence-corrected chi connectivity index (χ1v) is 9.88. The number of carbonyl (C=O) groups is 1. The fourth-order valence-corrected chi connectivity index (χ4v) is 4.32. The van der Waals surface area contributed by atoms with E-state index in [4.69, 9.17) is 4.74 Å². The lowest BCUT2D eigenvalue weighted by Gasteiger charge is -2.01. The van der Waals surface area contributed by atoms with Gasteiger partial charge in [0.1, 0.15) is 16.6 Å². The van der Waals surface area contributed by atoms with Crippen molar-refractivity contribution in [3.63, 3.8) is 0 Å². The van der Waals surface area contributed by atoms with E-state index in [1.165, 1.54) is 5.56 Å². The summed E-state index contributed by atoms with van der Waals surface area (Å²) in [6.07, 6.45) is 0.174. The van der Waals surface area contributed by atoms with Crippen LogP contribution in [0.25, 0.3) is 20.8 Å². The highest BCUT2D eigenvalue weighted by Gasteiger charge is 2.12. The summed E-state index contributed by atoms with van der Waals surface area (Å²) < 4.78 is 6.47. The molecule has 4 aromatic rings. The van der Waals surface area contributed by atoms with Crippen molar-refractivity contribution in [2.45, 2.75) is 20.0 Å². The third-order valence-corrected chi connectivity index (χ3v) is 5.79. The highest BCUT2D eigenvalue weighted by atomic mass is 32.1. The third-order valence-electron chi connectivity index (χ3n) is 3.84. The molecule has 0 saturated heterocycles. The lowest BCUT2D eigenvalue weighted by Crippen LogP contribution is -2.08. The van der Waals surface area contributed by atoms with Crippen LogP contribution in [0.3, 0.4) is 0 Å². The summed E-state index contributed by atoms with van der Waals surface area (Å²) in [6, 6.07) is 16.1. The number of fused-ring (bicyclic) bond motifs is 1. The van der Waals surface area contributed by atoms with E-state index in [9.17, 15) is 4.79 Å². The molecule has 0 aliphatic heterocycles. The Morgan fingerprint density at radius 2 is 2.00 bits per heavy atom. The van der Waals surface area contributed by atoms with Gasteiger partial charge in [-0.1, -0.05) is 35.9 Å². The molecular formula is C20H16N2O2S2. The first-order valence-electron chi connectivity index (χ1n) is 8.19. The molecular weight excluding hydrogens is 364 g/mol. The van der Waals surface area contributed by atoms with Gasteiger partial charge in [-0.05, 0) is 25.1 Å². The Hall–Kier alpha value is -2.57. The molecule has 26 heavy (non-hydrogen) atoms. The molecule has 2 heterocycles. The summed E-state index contributed by atoms with van der Waals surface area (Å²) in [5.74, 6) is -0.287. The van der Waals surface area contributed by atoms with Crippen LogP contribution in [-0.4, -0.2) is 15.9 Å². The van der Waals surface area contributed by atoms with Gasteiger partial charge < -0.3 is 4.74 Å². The van der Waals surface area contributed by atoms with Gasteiger partial charge in [-0.15, -0.1) is 22.7 Å². The molecule has 0 aliphatic carbocycles. The standard InChI is InChI=1S/C20H16N2O2S2/c1-13-5-4-6-14(9-13)20-21-15(12-25-20)10-19(23)24-11-18-22-16-7-2-3-8-17(16)26-18/h2-9,12H,10-11H2,1H3. The third kappa shape index (κ3) is 3.81. The molecule has 6 heteroatoms. The molecule has 0 spiro atoms. The highest BCUT2D eigenvalue weighted by molar-refractivity contribution is 7.18. The van der Waals surface area contributed by atoms with E-state index in [1.807, 2.05) is 41.8 Å². The molecule has 4 nitrogen and oxygen atoms in total. The average Bonchev–Trinajstić information content (AvgIpc) is 3.26.